The van der Waals surface area contributed by atoms with Gasteiger partial charge >= 0.3 is 0 Å². The molecule has 2 N–H and O–H groups in total. The molecule has 0 radical (unpaired) electrons. The van der Waals surface area contributed by atoms with Crippen LogP contribution in [-0.4, -0.2) is 47.2 Å². The van der Waals surface area contributed by atoms with E-state index in [1.165, 1.54) is 0 Å². The fourth-order valence-corrected chi connectivity index (χ4v) is 2.84. The van der Waals surface area contributed by atoms with Crippen molar-refractivity contribution in [1.29, 1.82) is 0 Å². The van der Waals surface area contributed by atoms with Crippen LogP contribution < -0.4 is 10.6 Å². The quantitative estimate of drug-likeness (QED) is 0.874. The summed E-state index contributed by atoms with van der Waals surface area (Å²) >= 11 is 0. The maximum Gasteiger partial charge on any atom is 0.247 e. The fourth-order valence-electron chi connectivity index (χ4n) is 2.84. The van der Waals surface area contributed by atoms with Crippen LogP contribution in [0.25, 0.3) is 0 Å². The lowest BCUT2D eigenvalue weighted by atomic mass is 9.91. The summed E-state index contributed by atoms with van der Waals surface area (Å²) < 4.78 is 0. The topological polar surface area (TPSA) is 75.4 Å². The maximum atomic E-state index is 12.8. The molecular weight excluding hydrogens is 361 g/mol. The lowest BCUT2D eigenvalue weighted by Gasteiger charge is -2.38. The van der Waals surface area contributed by atoms with E-state index in [-0.39, 0.29) is 30.7 Å². The Bertz CT molecular complexity index is 661. The Kier molecular flexibility index (Phi) is 7.60. The first kappa shape index (κ1) is 21.2. The van der Waals surface area contributed by atoms with Crippen LogP contribution in [0.4, 0.5) is 5.82 Å². The molecule has 1 unspecified atom stereocenters. The number of nitrogens with zero attached hydrogens (tertiary/aromatic N) is 4. The van der Waals surface area contributed by atoms with Gasteiger partial charge in [0, 0.05) is 32.4 Å². The predicted octanol–water partition coefficient (Wildman–Crippen LogP) is 1.84. The molecular formula is C17H23Cl2N5O. The minimum absolute atomic E-state index is 0. The third-order valence-electron chi connectivity index (χ3n) is 4.27. The number of hydrogen-bond donors (Lipinski definition) is 1. The van der Waals surface area contributed by atoms with E-state index in [1.807, 2.05) is 47.4 Å². The minimum Gasteiger partial charge on any atom is -0.352 e. The molecule has 1 atom stereocenters. The van der Waals surface area contributed by atoms with Crippen LogP contribution in [0.1, 0.15) is 12.5 Å². The van der Waals surface area contributed by atoms with Crippen LogP contribution in [0, 0.1) is 0 Å². The highest BCUT2D eigenvalue weighted by Gasteiger charge is 2.35. The number of amides is 1. The number of benzene rings is 1. The molecule has 1 amide bonds. The zero-order chi connectivity index (χ0) is 16.3. The summed E-state index contributed by atoms with van der Waals surface area (Å²) in [6.45, 7) is 4.51. The molecule has 25 heavy (non-hydrogen) atoms. The van der Waals surface area contributed by atoms with Crippen LogP contribution in [0.3, 0.4) is 0 Å². The molecule has 1 aromatic heterocycles. The first-order chi connectivity index (χ1) is 11.1. The molecule has 0 spiro atoms. The molecule has 1 saturated heterocycles. The molecule has 1 aliphatic heterocycles. The second-order valence-corrected chi connectivity index (χ2v) is 5.93. The first-order valence-electron chi connectivity index (χ1n) is 7.75. The number of anilines is 1. The molecule has 3 rings (SSSR count). The molecule has 2 heterocycles. The minimum atomic E-state index is -1.00. The van der Waals surface area contributed by atoms with Gasteiger partial charge in [-0.05, 0) is 24.6 Å². The third-order valence-corrected chi connectivity index (χ3v) is 4.27. The molecule has 2 aromatic rings. The maximum absolute atomic E-state index is 12.8. The van der Waals surface area contributed by atoms with Crippen LogP contribution in [0.15, 0.2) is 48.7 Å². The molecule has 0 aliphatic carbocycles. The lowest BCUT2D eigenvalue weighted by Crippen LogP contribution is -2.57. The van der Waals surface area contributed by atoms with Crippen molar-refractivity contribution < 1.29 is 4.79 Å². The van der Waals surface area contributed by atoms with E-state index in [1.54, 1.807) is 13.1 Å². The molecule has 0 saturated carbocycles. The van der Waals surface area contributed by atoms with E-state index in [9.17, 15) is 4.79 Å². The highest BCUT2D eigenvalue weighted by molar-refractivity contribution is 5.87. The number of carbonyl (C=O) groups is 1. The lowest BCUT2D eigenvalue weighted by molar-refractivity contribution is -0.137. The van der Waals surface area contributed by atoms with Gasteiger partial charge in [0.05, 0.1) is 0 Å². The van der Waals surface area contributed by atoms with Crippen LogP contribution in [0.5, 0.6) is 0 Å². The molecule has 8 heteroatoms. The van der Waals surface area contributed by atoms with Gasteiger partial charge in [-0.1, -0.05) is 30.3 Å². The van der Waals surface area contributed by atoms with Crippen molar-refractivity contribution in [2.24, 2.45) is 5.73 Å². The van der Waals surface area contributed by atoms with Gasteiger partial charge in [-0.15, -0.1) is 29.9 Å². The highest BCUT2D eigenvalue weighted by Crippen LogP contribution is 2.22. The number of piperazine rings is 1. The fraction of sp³-hybridized carbons (Fsp3) is 0.353. The number of carbonyl (C=O) groups excluding carboxylic acids is 1. The van der Waals surface area contributed by atoms with Gasteiger partial charge in [0.1, 0.15) is 5.54 Å². The molecule has 1 aliphatic rings. The van der Waals surface area contributed by atoms with Gasteiger partial charge < -0.3 is 15.5 Å². The number of rotatable bonds is 3. The first-order valence-corrected chi connectivity index (χ1v) is 7.75. The van der Waals surface area contributed by atoms with Crippen molar-refractivity contribution in [3.05, 3.63) is 54.2 Å². The average molecular weight is 384 g/mol. The van der Waals surface area contributed by atoms with Gasteiger partial charge in [0.15, 0.2) is 5.82 Å². The Morgan fingerprint density at radius 1 is 1.04 bits per heavy atom. The third kappa shape index (κ3) is 4.60. The van der Waals surface area contributed by atoms with Crippen molar-refractivity contribution in [2.45, 2.75) is 12.5 Å². The molecule has 136 valence electrons. The van der Waals surface area contributed by atoms with Crippen molar-refractivity contribution in [3.8, 4) is 0 Å². The molecule has 1 fully saturated rings. The van der Waals surface area contributed by atoms with Gasteiger partial charge in [0.25, 0.3) is 0 Å². The smallest absolute Gasteiger partial charge is 0.247 e. The summed E-state index contributed by atoms with van der Waals surface area (Å²) in [5.74, 6) is 0.806. The Morgan fingerprint density at radius 2 is 1.68 bits per heavy atom. The number of nitrogens with two attached hydrogens (primary N) is 1. The van der Waals surface area contributed by atoms with Gasteiger partial charge in [-0.2, -0.15) is 5.10 Å². The largest absolute Gasteiger partial charge is 0.352 e. The summed E-state index contributed by atoms with van der Waals surface area (Å²) in [5, 5.41) is 8.02. The predicted molar refractivity (Wildman–Crippen MR) is 103 cm³/mol. The summed E-state index contributed by atoms with van der Waals surface area (Å²) in [6, 6.07) is 13.3. The number of aromatic nitrogens is 2. The summed E-state index contributed by atoms with van der Waals surface area (Å²) in [4.78, 5) is 16.8. The molecule has 6 nitrogen and oxygen atoms in total. The Labute approximate surface area is 160 Å². The number of hydrogen-bond acceptors (Lipinski definition) is 5. The Hall–Kier alpha value is -1.89. The Balaban J connectivity index is 0.00000156. The van der Waals surface area contributed by atoms with Gasteiger partial charge in [0.2, 0.25) is 5.91 Å². The van der Waals surface area contributed by atoms with Crippen molar-refractivity contribution in [2.75, 3.05) is 31.1 Å². The van der Waals surface area contributed by atoms with E-state index in [4.69, 9.17) is 5.73 Å². The monoisotopic (exact) mass is 383 g/mol. The van der Waals surface area contributed by atoms with Gasteiger partial charge in [-0.3, -0.25) is 4.79 Å². The summed E-state index contributed by atoms with van der Waals surface area (Å²) in [6.07, 6.45) is 1.66. The van der Waals surface area contributed by atoms with Crippen LogP contribution >= 0.6 is 24.8 Å². The van der Waals surface area contributed by atoms with E-state index in [2.05, 4.69) is 15.1 Å². The van der Waals surface area contributed by atoms with E-state index in [0.717, 1.165) is 24.5 Å². The SMILES string of the molecule is CC(N)(C(=O)N1CCN(c2cccnn2)CC1)c1ccccc1.Cl.Cl. The molecule has 1 aromatic carbocycles. The number of halogens is 2. The highest BCUT2D eigenvalue weighted by atomic mass is 35.5. The standard InChI is InChI=1S/C17H21N5O.2ClH/c1-17(18,14-6-3-2-4-7-14)16(23)22-12-10-21(11-13-22)15-8-5-9-19-20-15;;/h2-9H,10-13,18H2,1H3;2*1H. The normalized spacial score (nSPS) is 16.2. The van der Waals surface area contributed by atoms with E-state index < -0.39 is 5.54 Å². The second-order valence-electron chi connectivity index (χ2n) is 5.93. The van der Waals surface area contributed by atoms with Crippen molar-refractivity contribution in [1.82, 2.24) is 15.1 Å². The van der Waals surface area contributed by atoms with Crippen molar-refractivity contribution >= 4 is 36.5 Å². The van der Waals surface area contributed by atoms with Gasteiger partial charge in [-0.25, -0.2) is 0 Å². The zero-order valence-corrected chi connectivity index (χ0v) is 15.7. The van der Waals surface area contributed by atoms with E-state index >= 15 is 0 Å². The van der Waals surface area contributed by atoms with Crippen molar-refractivity contribution in [3.63, 3.8) is 0 Å². The zero-order valence-electron chi connectivity index (χ0n) is 14.0. The second kappa shape index (κ2) is 8.99. The molecule has 0 bridgehead atoms. The Morgan fingerprint density at radius 3 is 2.24 bits per heavy atom. The summed E-state index contributed by atoms with van der Waals surface area (Å²) in [7, 11) is 0. The summed E-state index contributed by atoms with van der Waals surface area (Å²) in [5.41, 5.74) is 6.16. The van der Waals surface area contributed by atoms with Crippen LogP contribution in [-0.2, 0) is 10.3 Å². The van der Waals surface area contributed by atoms with E-state index in [0.29, 0.717) is 13.1 Å². The average Bonchev–Trinajstić information content (AvgIpc) is 2.63. The van der Waals surface area contributed by atoms with Crippen LogP contribution in [0.2, 0.25) is 0 Å².